The Labute approximate surface area is 106 Å². The Hall–Kier alpha value is -1.89. The van der Waals surface area contributed by atoms with Crippen molar-refractivity contribution in [2.24, 2.45) is 0 Å². The van der Waals surface area contributed by atoms with Gasteiger partial charge >= 0.3 is 0 Å². The zero-order chi connectivity index (χ0) is 12.2. The first-order chi connectivity index (χ1) is 8.79. The molecule has 0 bridgehead atoms. The number of rotatable bonds is 0. The zero-order valence-electron chi connectivity index (χ0n) is 10.1. The Kier molecular flexibility index (Phi) is 1.86. The van der Waals surface area contributed by atoms with Gasteiger partial charge in [0.05, 0.1) is 5.41 Å². The Morgan fingerprint density at radius 1 is 0.778 bits per heavy atom. The number of carbonyl (C=O) groups excluding carboxylic acids is 1. The van der Waals surface area contributed by atoms with Crippen molar-refractivity contribution in [3.05, 3.63) is 70.8 Å². The number of ketones is 1. The number of hydrogen-bond acceptors (Lipinski definition) is 1. The predicted molar refractivity (Wildman–Crippen MR) is 70.7 cm³/mol. The van der Waals surface area contributed by atoms with Crippen LogP contribution in [0.15, 0.2) is 48.5 Å². The van der Waals surface area contributed by atoms with Gasteiger partial charge in [0.15, 0.2) is 0 Å². The van der Waals surface area contributed by atoms with E-state index >= 15 is 0 Å². The predicted octanol–water partition coefficient (Wildman–Crippen LogP) is 2.85. The molecule has 0 saturated heterocycles. The first kappa shape index (κ1) is 10.1. The lowest BCUT2D eigenvalue weighted by Crippen LogP contribution is -2.50. The highest BCUT2D eigenvalue weighted by Crippen LogP contribution is 2.47. The molecule has 0 amide bonds. The van der Waals surface area contributed by atoms with E-state index in [1.807, 2.05) is 12.1 Å². The molecule has 1 spiro atoms. The maximum Gasteiger partial charge on any atom is 0.148 e. The van der Waals surface area contributed by atoms with Gasteiger partial charge in [0.2, 0.25) is 0 Å². The van der Waals surface area contributed by atoms with Gasteiger partial charge in [-0.2, -0.15) is 0 Å². The Morgan fingerprint density at radius 2 is 1.39 bits per heavy atom. The normalized spacial score (nSPS) is 24.3. The second-order valence-corrected chi connectivity index (χ2v) is 5.46. The van der Waals surface area contributed by atoms with E-state index in [2.05, 4.69) is 36.4 Å². The minimum Gasteiger partial charge on any atom is -0.298 e. The maximum atomic E-state index is 12.5. The molecular weight excluding hydrogens is 220 g/mol. The number of benzene rings is 2. The molecule has 0 heterocycles. The number of hydrogen-bond donors (Lipinski definition) is 0. The number of Topliss-reactive ketones (excluding diaryl/α,β-unsaturated/α-hetero) is 1. The van der Waals surface area contributed by atoms with E-state index in [1.54, 1.807) is 0 Å². The number of carbonyl (C=O) groups is 1. The Morgan fingerprint density at radius 3 is 2.17 bits per heavy atom. The molecule has 1 atom stereocenters. The van der Waals surface area contributed by atoms with Gasteiger partial charge in [0, 0.05) is 6.42 Å². The molecule has 0 aromatic heterocycles. The van der Waals surface area contributed by atoms with Crippen LogP contribution in [0.5, 0.6) is 0 Å². The van der Waals surface area contributed by atoms with Gasteiger partial charge < -0.3 is 0 Å². The lowest BCUT2D eigenvalue weighted by atomic mass is 9.56. The van der Waals surface area contributed by atoms with Crippen molar-refractivity contribution in [2.75, 3.05) is 0 Å². The van der Waals surface area contributed by atoms with Crippen LogP contribution in [0.1, 0.15) is 22.3 Å². The van der Waals surface area contributed by atoms with Crippen LogP contribution in [0.3, 0.4) is 0 Å². The maximum absolute atomic E-state index is 12.5. The van der Waals surface area contributed by atoms with E-state index in [0.717, 1.165) is 12.8 Å². The van der Waals surface area contributed by atoms with Crippen LogP contribution in [-0.4, -0.2) is 5.78 Å². The van der Waals surface area contributed by atoms with E-state index in [4.69, 9.17) is 0 Å². The molecule has 0 aliphatic heterocycles. The summed E-state index contributed by atoms with van der Waals surface area (Å²) in [6.07, 6.45) is 2.42. The van der Waals surface area contributed by atoms with Crippen molar-refractivity contribution >= 4 is 5.78 Å². The van der Waals surface area contributed by atoms with Gasteiger partial charge in [-0.05, 0) is 35.1 Å². The largest absolute Gasteiger partial charge is 0.298 e. The van der Waals surface area contributed by atoms with Crippen molar-refractivity contribution in [3.63, 3.8) is 0 Å². The van der Waals surface area contributed by atoms with Gasteiger partial charge in [0.1, 0.15) is 5.78 Å². The molecule has 0 radical (unpaired) electrons. The average Bonchev–Trinajstić information content (AvgIpc) is 2.38. The highest BCUT2D eigenvalue weighted by atomic mass is 16.1. The van der Waals surface area contributed by atoms with Gasteiger partial charge in [-0.1, -0.05) is 48.5 Å². The molecule has 88 valence electrons. The monoisotopic (exact) mass is 234 g/mol. The molecule has 4 rings (SSSR count). The molecule has 0 saturated carbocycles. The molecule has 2 aliphatic carbocycles. The fourth-order valence-electron chi connectivity index (χ4n) is 3.53. The van der Waals surface area contributed by atoms with Crippen molar-refractivity contribution in [1.82, 2.24) is 0 Å². The third-order valence-corrected chi connectivity index (χ3v) is 4.52. The lowest BCUT2D eigenvalue weighted by Gasteiger charge is -2.45. The molecule has 18 heavy (non-hydrogen) atoms. The fourth-order valence-corrected chi connectivity index (χ4v) is 3.53. The Balaban J connectivity index is 1.85. The highest BCUT2D eigenvalue weighted by molar-refractivity contribution is 5.96. The number of fused-ring (bicyclic) bond motifs is 3. The summed E-state index contributed by atoms with van der Waals surface area (Å²) < 4.78 is 0. The van der Waals surface area contributed by atoms with Crippen LogP contribution in [-0.2, 0) is 29.5 Å². The van der Waals surface area contributed by atoms with Gasteiger partial charge in [-0.3, -0.25) is 4.79 Å². The van der Waals surface area contributed by atoms with Crippen LogP contribution in [0, 0.1) is 0 Å². The summed E-state index contributed by atoms with van der Waals surface area (Å²) in [7, 11) is 0. The summed E-state index contributed by atoms with van der Waals surface area (Å²) in [6, 6.07) is 16.8. The van der Waals surface area contributed by atoms with E-state index in [-0.39, 0.29) is 5.41 Å². The average molecular weight is 234 g/mol. The van der Waals surface area contributed by atoms with E-state index in [0.29, 0.717) is 12.2 Å². The first-order valence-electron chi connectivity index (χ1n) is 6.48. The van der Waals surface area contributed by atoms with Crippen molar-refractivity contribution in [2.45, 2.75) is 24.7 Å². The van der Waals surface area contributed by atoms with Gasteiger partial charge in [-0.15, -0.1) is 0 Å². The molecule has 0 fully saturated rings. The summed E-state index contributed by atoms with van der Waals surface area (Å²) in [5, 5.41) is 0. The van der Waals surface area contributed by atoms with Gasteiger partial charge in [0.25, 0.3) is 0 Å². The van der Waals surface area contributed by atoms with E-state index < -0.39 is 0 Å². The van der Waals surface area contributed by atoms with E-state index in [1.165, 1.54) is 22.3 Å². The third kappa shape index (κ3) is 1.14. The van der Waals surface area contributed by atoms with E-state index in [9.17, 15) is 4.79 Å². The van der Waals surface area contributed by atoms with Crippen molar-refractivity contribution < 1.29 is 4.79 Å². The quantitative estimate of drug-likeness (QED) is 0.685. The molecule has 2 aromatic carbocycles. The minimum absolute atomic E-state index is 0.203. The molecule has 2 aromatic rings. The second-order valence-electron chi connectivity index (χ2n) is 5.46. The summed E-state index contributed by atoms with van der Waals surface area (Å²) in [5.74, 6) is 0.403. The Bertz CT molecular complexity index is 656. The van der Waals surface area contributed by atoms with Crippen molar-refractivity contribution in [3.8, 4) is 0 Å². The van der Waals surface area contributed by atoms with Crippen molar-refractivity contribution in [1.29, 1.82) is 0 Å². The summed E-state index contributed by atoms with van der Waals surface area (Å²) in [4.78, 5) is 12.5. The second kappa shape index (κ2) is 3.32. The SMILES string of the molecule is O=C1Cc2ccccc2CC12Cc1ccccc12. The van der Waals surface area contributed by atoms with Crippen LogP contribution in [0.4, 0.5) is 0 Å². The molecular formula is C17H14O. The highest BCUT2D eigenvalue weighted by Gasteiger charge is 2.50. The molecule has 1 heteroatoms. The van der Waals surface area contributed by atoms with Gasteiger partial charge in [-0.25, -0.2) is 0 Å². The molecule has 1 unspecified atom stereocenters. The van der Waals surface area contributed by atoms with Crippen LogP contribution >= 0.6 is 0 Å². The lowest BCUT2D eigenvalue weighted by molar-refractivity contribution is -0.125. The van der Waals surface area contributed by atoms with Crippen LogP contribution in [0.2, 0.25) is 0 Å². The standard InChI is InChI=1S/C17H14O/c18-16-9-12-5-1-2-6-13(12)10-17(16)11-14-7-3-4-8-15(14)17/h1-8H,9-11H2. The zero-order valence-corrected chi connectivity index (χ0v) is 10.1. The van der Waals surface area contributed by atoms with Crippen LogP contribution in [0.25, 0.3) is 0 Å². The molecule has 2 aliphatic rings. The smallest absolute Gasteiger partial charge is 0.148 e. The van der Waals surface area contributed by atoms with Crippen LogP contribution < -0.4 is 0 Å². The summed E-state index contributed by atoms with van der Waals surface area (Å²) in [5.41, 5.74) is 4.99. The molecule has 1 nitrogen and oxygen atoms in total. The summed E-state index contributed by atoms with van der Waals surface area (Å²) >= 11 is 0. The summed E-state index contributed by atoms with van der Waals surface area (Å²) in [6.45, 7) is 0. The molecule has 0 N–H and O–H groups in total. The first-order valence-corrected chi connectivity index (χ1v) is 6.48. The topological polar surface area (TPSA) is 17.1 Å². The minimum atomic E-state index is -0.203. The third-order valence-electron chi connectivity index (χ3n) is 4.52. The fraction of sp³-hybridized carbons (Fsp3) is 0.235.